The van der Waals surface area contributed by atoms with E-state index in [0.717, 1.165) is 13.1 Å². The Hall–Kier alpha value is -0.610. The molecule has 1 heterocycles. The summed E-state index contributed by atoms with van der Waals surface area (Å²) in [5.41, 5.74) is 0.320. The number of likely N-dealkylation sites (tertiary alicyclic amines) is 1. The highest BCUT2D eigenvalue weighted by Gasteiger charge is 2.33. The van der Waals surface area contributed by atoms with Crippen LogP contribution in [0.4, 0.5) is 0 Å². The van der Waals surface area contributed by atoms with E-state index in [9.17, 15) is 4.79 Å². The molecule has 2 atom stereocenters. The highest BCUT2D eigenvalue weighted by atomic mass is 16.4. The van der Waals surface area contributed by atoms with Crippen LogP contribution in [0.25, 0.3) is 0 Å². The van der Waals surface area contributed by atoms with Crippen LogP contribution in [-0.4, -0.2) is 47.7 Å². The summed E-state index contributed by atoms with van der Waals surface area (Å²) in [4.78, 5) is 13.1. The molecule has 4 nitrogen and oxygen atoms in total. The molecule has 0 spiro atoms. The molecule has 0 aromatic rings. The van der Waals surface area contributed by atoms with E-state index in [1.165, 1.54) is 25.7 Å². The maximum atomic E-state index is 10.9. The third kappa shape index (κ3) is 5.49. The first-order valence-corrected chi connectivity index (χ1v) is 7.52. The minimum atomic E-state index is -0.707. The van der Waals surface area contributed by atoms with E-state index in [-0.39, 0.29) is 6.54 Å². The van der Waals surface area contributed by atoms with Crippen molar-refractivity contribution >= 4 is 5.97 Å². The highest BCUT2D eigenvalue weighted by Crippen LogP contribution is 2.31. The Kier molecular flexibility index (Phi) is 4.51. The van der Waals surface area contributed by atoms with Gasteiger partial charge in [0.15, 0.2) is 0 Å². The molecule has 0 aromatic carbocycles. The lowest BCUT2D eigenvalue weighted by Crippen LogP contribution is -2.51. The van der Waals surface area contributed by atoms with E-state index in [4.69, 9.17) is 5.11 Å². The molecule has 1 saturated carbocycles. The normalized spacial score (nSPS) is 29.4. The number of piperidine rings is 1. The first-order chi connectivity index (χ1) is 8.82. The van der Waals surface area contributed by atoms with Crippen molar-refractivity contribution in [2.24, 2.45) is 11.3 Å². The largest absolute Gasteiger partial charge is 0.480 e. The van der Waals surface area contributed by atoms with Gasteiger partial charge in [-0.3, -0.25) is 9.69 Å². The second kappa shape index (κ2) is 5.80. The monoisotopic (exact) mass is 268 g/mol. The number of hydrogen-bond acceptors (Lipinski definition) is 3. The average molecular weight is 268 g/mol. The Morgan fingerprint density at radius 2 is 1.95 bits per heavy atom. The van der Waals surface area contributed by atoms with Gasteiger partial charge in [0.25, 0.3) is 0 Å². The predicted octanol–water partition coefficient (Wildman–Crippen LogP) is 1.95. The zero-order valence-electron chi connectivity index (χ0n) is 12.5. The third-order valence-corrected chi connectivity index (χ3v) is 3.92. The van der Waals surface area contributed by atoms with Gasteiger partial charge in [-0.1, -0.05) is 20.8 Å². The predicted molar refractivity (Wildman–Crippen MR) is 76.2 cm³/mol. The third-order valence-electron chi connectivity index (χ3n) is 3.92. The molecule has 19 heavy (non-hydrogen) atoms. The minimum Gasteiger partial charge on any atom is -0.480 e. The van der Waals surface area contributed by atoms with Crippen LogP contribution >= 0.6 is 0 Å². The van der Waals surface area contributed by atoms with Gasteiger partial charge >= 0.3 is 5.97 Å². The Balaban J connectivity index is 1.91. The van der Waals surface area contributed by atoms with Crippen LogP contribution in [0.1, 0.15) is 46.5 Å². The molecule has 2 rings (SSSR count). The van der Waals surface area contributed by atoms with Gasteiger partial charge in [-0.15, -0.1) is 0 Å². The summed E-state index contributed by atoms with van der Waals surface area (Å²) in [6, 6.07) is 1.18. The van der Waals surface area contributed by atoms with Crippen LogP contribution in [0.3, 0.4) is 0 Å². The number of carbonyl (C=O) groups is 1. The summed E-state index contributed by atoms with van der Waals surface area (Å²) in [5, 5.41) is 12.7. The van der Waals surface area contributed by atoms with E-state index < -0.39 is 5.97 Å². The number of rotatable bonds is 5. The van der Waals surface area contributed by atoms with E-state index in [1.807, 2.05) is 0 Å². The zero-order chi connectivity index (χ0) is 14.0. The van der Waals surface area contributed by atoms with Crippen molar-refractivity contribution in [3.8, 4) is 0 Å². The van der Waals surface area contributed by atoms with Crippen molar-refractivity contribution in [2.75, 3.05) is 19.6 Å². The summed E-state index contributed by atoms with van der Waals surface area (Å²) >= 11 is 0. The van der Waals surface area contributed by atoms with Gasteiger partial charge in [-0.25, -0.2) is 0 Å². The fraction of sp³-hybridized carbons (Fsp3) is 0.933. The summed E-state index contributed by atoms with van der Waals surface area (Å²) in [6.45, 7) is 8.82. The van der Waals surface area contributed by atoms with E-state index in [0.29, 0.717) is 23.4 Å². The van der Waals surface area contributed by atoms with Crippen molar-refractivity contribution in [3.05, 3.63) is 0 Å². The maximum absolute atomic E-state index is 10.9. The fourth-order valence-corrected chi connectivity index (χ4v) is 3.34. The molecule has 2 N–H and O–H groups in total. The number of carboxylic acid groups (broad SMARTS) is 1. The number of aliphatic carboxylic acids is 1. The lowest BCUT2D eigenvalue weighted by Gasteiger charge is -2.39. The SMILES string of the molecule is CC(C)(C)CC1CC(NC2CC2)CN(CC(=O)O)C1. The topological polar surface area (TPSA) is 52.6 Å². The summed E-state index contributed by atoms with van der Waals surface area (Å²) in [5.74, 6) is -0.0917. The molecular formula is C15H28N2O2. The molecule has 4 heteroatoms. The van der Waals surface area contributed by atoms with Gasteiger partial charge < -0.3 is 10.4 Å². The summed E-state index contributed by atoms with van der Waals surface area (Å²) < 4.78 is 0. The number of nitrogens with zero attached hydrogens (tertiary/aromatic N) is 1. The van der Waals surface area contributed by atoms with E-state index >= 15 is 0 Å². The molecule has 0 amide bonds. The van der Waals surface area contributed by atoms with Crippen LogP contribution in [0.2, 0.25) is 0 Å². The smallest absolute Gasteiger partial charge is 0.317 e. The number of hydrogen-bond donors (Lipinski definition) is 2. The van der Waals surface area contributed by atoms with Crippen molar-refractivity contribution < 1.29 is 9.90 Å². The lowest BCUT2D eigenvalue weighted by atomic mass is 9.80. The molecule has 0 bridgehead atoms. The highest BCUT2D eigenvalue weighted by molar-refractivity contribution is 5.69. The second-order valence-electron chi connectivity index (χ2n) is 7.59. The molecule has 1 aliphatic heterocycles. The molecule has 0 aromatic heterocycles. The van der Waals surface area contributed by atoms with Crippen molar-refractivity contribution in [2.45, 2.75) is 58.5 Å². The van der Waals surface area contributed by atoms with Crippen LogP contribution in [0.15, 0.2) is 0 Å². The van der Waals surface area contributed by atoms with Crippen LogP contribution in [-0.2, 0) is 4.79 Å². The Morgan fingerprint density at radius 1 is 1.26 bits per heavy atom. The van der Waals surface area contributed by atoms with E-state index in [2.05, 4.69) is 31.0 Å². The number of carboxylic acids is 1. The van der Waals surface area contributed by atoms with Crippen LogP contribution in [0, 0.1) is 11.3 Å². The van der Waals surface area contributed by atoms with Gasteiger partial charge in [0.2, 0.25) is 0 Å². The van der Waals surface area contributed by atoms with Crippen molar-refractivity contribution in [1.82, 2.24) is 10.2 Å². The van der Waals surface area contributed by atoms with Gasteiger partial charge in [-0.05, 0) is 37.0 Å². The Morgan fingerprint density at radius 3 is 2.47 bits per heavy atom. The molecule has 1 saturated heterocycles. The first kappa shape index (κ1) is 14.8. The minimum absolute atomic E-state index is 0.184. The molecule has 110 valence electrons. The first-order valence-electron chi connectivity index (χ1n) is 7.52. The molecule has 2 aliphatic rings. The molecule has 0 radical (unpaired) electrons. The molecular weight excluding hydrogens is 240 g/mol. The standard InChI is InChI=1S/C15H28N2O2/c1-15(2,3)7-11-6-13(16-12-4-5-12)9-17(8-11)10-14(18)19/h11-13,16H,4-10H2,1-3H3,(H,18,19). The Labute approximate surface area is 116 Å². The second-order valence-corrected chi connectivity index (χ2v) is 7.59. The maximum Gasteiger partial charge on any atom is 0.317 e. The zero-order valence-corrected chi connectivity index (χ0v) is 12.5. The molecule has 2 unspecified atom stereocenters. The fourth-order valence-electron chi connectivity index (χ4n) is 3.34. The lowest BCUT2D eigenvalue weighted by molar-refractivity contribution is -0.138. The summed E-state index contributed by atoms with van der Waals surface area (Å²) in [6.07, 6.45) is 4.95. The number of nitrogens with one attached hydrogen (secondary N) is 1. The quantitative estimate of drug-likeness (QED) is 0.800. The molecule has 2 fully saturated rings. The van der Waals surface area contributed by atoms with Gasteiger partial charge in [0.05, 0.1) is 6.54 Å². The van der Waals surface area contributed by atoms with Crippen molar-refractivity contribution in [3.63, 3.8) is 0 Å². The van der Waals surface area contributed by atoms with Crippen LogP contribution < -0.4 is 5.32 Å². The molecule has 1 aliphatic carbocycles. The van der Waals surface area contributed by atoms with Crippen molar-refractivity contribution in [1.29, 1.82) is 0 Å². The van der Waals surface area contributed by atoms with Crippen LogP contribution in [0.5, 0.6) is 0 Å². The Bertz CT molecular complexity index is 321. The van der Waals surface area contributed by atoms with E-state index in [1.54, 1.807) is 0 Å². The summed E-state index contributed by atoms with van der Waals surface area (Å²) in [7, 11) is 0. The van der Waals surface area contributed by atoms with Gasteiger partial charge in [-0.2, -0.15) is 0 Å². The van der Waals surface area contributed by atoms with Gasteiger partial charge in [0.1, 0.15) is 0 Å². The van der Waals surface area contributed by atoms with Gasteiger partial charge in [0, 0.05) is 25.2 Å². The average Bonchev–Trinajstić information content (AvgIpc) is 2.96.